The third-order valence-electron chi connectivity index (χ3n) is 3.00. The normalized spacial score (nSPS) is 9.76. The molecule has 0 radical (unpaired) electrons. The van der Waals surface area contributed by atoms with Crippen molar-refractivity contribution in [2.75, 3.05) is 48.3 Å². The number of nitrogens with zero attached hydrogens (tertiary/aromatic N) is 1. The molecule has 0 bridgehead atoms. The topological polar surface area (TPSA) is 171 Å². The highest BCUT2D eigenvalue weighted by Crippen LogP contribution is 2.03. The van der Waals surface area contributed by atoms with Crippen LogP contribution in [-0.4, -0.2) is 83.2 Å². The minimum Gasteiger partial charge on any atom is -0.453 e. The Morgan fingerprint density at radius 1 is 0.793 bits per heavy atom. The molecule has 0 aromatic rings. The molecule has 0 rings (SSSR count). The molecule has 0 unspecified atom stereocenters. The molecule has 0 aliphatic heterocycles. The second-order valence-electron chi connectivity index (χ2n) is 5.10. The van der Waals surface area contributed by atoms with Crippen LogP contribution in [0.4, 0.5) is 14.4 Å². The summed E-state index contributed by atoms with van der Waals surface area (Å²) in [6, 6.07) is -0.902. The maximum absolute atomic E-state index is 12.3. The summed E-state index contributed by atoms with van der Waals surface area (Å²) < 4.78 is 22.7. The molecule has 0 atom stereocenters. The summed E-state index contributed by atoms with van der Waals surface area (Å²) in [5.41, 5.74) is 0. The van der Waals surface area contributed by atoms with Crippen LogP contribution in [0, 0.1) is 0 Å². The molecule has 0 fully saturated rings. The van der Waals surface area contributed by atoms with Gasteiger partial charge in [-0.1, -0.05) is 0 Å². The highest BCUT2D eigenvalue weighted by molar-refractivity contribution is 5.94. The lowest BCUT2D eigenvalue weighted by atomic mass is 10.2. The van der Waals surface area contributed by atoms with E-state index in [0.29, 0.717) is 4.90 Å². The number of hydrogen-bond acceptors (Lipinski definition) is 10. The fourth-order valence-corrected chi connectivity index (χ4v) is 1.66. The van der Waals surface area contributed by atoms with Gasteiger partial charge in [-0.2, -0.15) is 0 Å². The Bertz CT molecular complexity index is 519. The van der Waals surface area contributed by atoms with Gasteiger partial charge in [0, 0.05) is 27.1 Å². The number of methoxy groups -OCH3 is 3. The monoisotopic (exact) mass is 422 g/mol. The molecule has 0 saturated carbocycles. The lowest BCUT2D eigenvalue weighted by Crippen LogP contribution is -2.51. The number of urea groups is 1. The van der Waals surface area contributed by atoms with Crippen molar-refractivity contribution in [2.45, 2.75) is 19.3 Å². The zero-order valence-electron chi connectivity index (χ0n) is 16.5. The SMILES string of the molecule is COCOC(=O)CCCC(=O)N(CNC(=O)OC)C(=O)NCNC(=O)OCOC. The maximum atomic E-state index is 12.3. The van der Waals surface area contributed by atoms with E-state index in [4.69, 9.17) is 0 Å². The Morgan fingerprint density at radius 2 is 1.45 bits per heavy atom. The number of carbonyl (C=O) groups is 5. The van der Waals surface area contributed by atoms with Gasteiger partial charge >= 0.3 is 24.2 Å². The average molecular weight is 422 g/mol. The summed E-state index contributed by atoms with van der Waals surface area (Å²) in [6.07, 6.45) is -1.86. The van der Waals surface area contributed by atoms with E-state index in [2.05, 4.69) is 39.6 Å². The van der Waals surface area contributed by atoms with Crippen LogP contribution in [0.2, 0.25) is 0 Å². The summed E-state index contributed by atoms with van der Waals surface area (Å²) >= 11 is 0. The molecule has 0 heterocycles. The summed E-state index contributed by atoms with van der Waals surface area (Å²) in [5, 5.41) is 6.65. The summed E-state index contributed by atoms with van der Waals surface area (Å²) in [5.74, 6) is -1.25. The van der Waals surface area contributed by atoms with E-state index in [1.807, 2.05) is 0 Å². The third-order valence-corrected chi connectivity index (χ3v) is 3.00. The van der Waals surface area contributed by atoms with Crippen LogP contribution in [0.25, 0.3) is 0 Å². The highest BCUT2D eigenvalue weighted by atomic mass is 16.7. The molecule has 29 heavy (non-hydrogen) atoms. The van der Waals surface area contributed by atoms with Gasteiger partial charge in [0.2, 0.25) is 5.91 Å². The molecule has 0 aliphatic rings. The van der Waals surface area contributed by atoms with E-state index in [9.17, 15) is 24.0 Å². The fraction of sp³-hybridized carbons (Fsp3) is 0.667. The van der Waals surface area contributed by atoms with Gasteiger partial charge in [0.25, 0.3) is 0 Å². The number of amides is 5. The maximum Gasteiger partial charge on any atom is 0.410 e. The molecule has 14 nitrogen and oxygen atoms in total. The van der Waals surface area contributed by atoms with Gasteiger partial charge < -0.3 is 39.6 Å². The van der Waals surface area contributed by atoms with Gasteiger partial charge in [0.05, 0.1) is 13.8 Å². The molecule has 166 valence electrons. The van der Waals surface area contributed by atoms with Crippen LogP contribution in [0.15, 0.2) is 0 Å². The minimum atomic E-state index is -0.902. The predicted octanol–water partition coefficient (Wildman–Crippen LogP) is -0.557. The van der Waals surface area contributed by atoms with Crippen molar-refractivity contribution in [1.29, 1.82) is 0 Å². The molecule has 5 amide bonds. The fourth-order valence-electron chi connectivity index (χ4n) is 1.66. The van der Waals surface area contributed by atoms with Gasteiger partial charge in [0.1, 0.15) is 6.67 Å². The Morgan fingerprint density at radius 3 is 2.07 bits per heavy atom. The predicted molar refractivity (Wildman–Crippen MR) is 94.0 cm³/mol. The Hall–Kier alpha value is -3.13. The summed E-state index contributed by atoms with van der Waals surface area (Å²) in [4.78, 5) is 59.0. The van der Waals surface area contributed by atoms with Crippen LogP contribution in [0.3, 0.4) is 0 Å². The van der Waals surface area contributed by atoms with Crippen LogP contribution >= 0.6 is 0 Å². The molecule has 0 spiro atoms. The van der Waals surface area contributed by atoms with Crippen molar-refractivity contribution in [3.63, 3.8) is 0 Å². The molecule has 0 aromatic carbocycles. The van der Waals surface area contributed by atoms with Gasteiger partial charge in [-0.05, 0) is 6.42 Å². The highest BCUT2D eigenvalue weighted by Gasteiger charge is 2.22. The first-order valence-corrected chi connectivity index (χ1v) is 8.29. The molecule has 3 N–H and O–H groups in total. The Labute approximate surface area is 167 Å². The van der Waals surface area contributed by atoms with Crippen LogP contribution in [-0.2, 0) is 33.3 Å². The van der Waals surface area contributed by atoms with Crippen LogP contribution in [0.5, 0.6) is 0 Å². The van der Waals surface area contributed by atoms with Gasteiger partial charge in [-0.25, -0.2) is 19.3 Å². The molecular formula is C15H26N4O10. The van der Waals surface area contributed by atoms with Gasteiger partial charge in [0.15, 0.2) is 13.6 Å². The number of alkyl carbamates (subject to hydrolysis) is 2. The molecular weight excluding hydrogens is 396 g/mol. The third kappa shape index (κ3) is 12.8. The first-order valence-electron chi connectivity index (χ1n) is 8.29. The van der Waals surface area contributed by atoms with E-state index < -0.39 is 36.8 Å². The van der Waals surface area contributed by atoms with E-state index >= 15 is 0 Å². The second kappa shape index (κ2) is 15.9. The quantitative estimate of drug-likeness (QED) is 0.210. The molecule has 14 heteroatoms. The van der Waals surface area contributed by atoms with Crippen molar-refractivity contribution in [3.8, 4) is 0 Å². The zero-order chi connectivity index (χ0) is 22.1. The number of hydrogen-bond donors (Lipinski definition) is 3. The standard InChI is InChI=1S/C15H26N4O10/c1-25-9-28-12(21)6-4-5-11(20)19(8-18-14(23)27-3)13(22)16-7-17-15(24)29-10-26-2/h4-10H2,1-3H3,(H,16,22)(H,17,24)(H,18,23). The number of nitrogens with one attached hydrogen (secondary N) is 3. The Kier molecular flexibility index (Phi) is 14.2. The number of rotatable bonds is 12. The van der Waals surface area contributed by atoms with E-state index in [-0.39, 0.29) is 39.5 Å². The minimum absolute atomic E-state index is 0.0676. The first-order chi connectivity index (χ1) is 13.8. The van der Waals surface area contributed by atoms with Crippen molar-refractivity contribution in [1.82, 2.24) is 20.9 Å². The van der Waals surface area contributed by atoms with Crippen LogP contribution in [0.1, 0.15) is 19.3 Å². The number of ether oxygens (including phenoxy) is 5. The summed E-state index contributed by atoms with van der Waals surface area (Å²) in [6.45, 7) is -1.32. The molecule has 0 saturated heterocycles. The number of imide groups is 1. The van der Waals surface area contributed by atoms with Crippen LogP contribution < -0.4 is 16.0 Å². The van der Waals surface area contributed by atoms with Crippen molar-refractivity contribution >= 4 is 30.1 Å². The average Bonchev–Trinajstić information content (AvgIpc) is 2.70. The summed E-state index contributed by atoms with van der Waals surface area (Å²) in [7, 11) is 3.79. The van der Waals surface area contributed by atoms with Gasteiger partial charge in [-0.3, -0.25) is 9.59 Å². The zero-order valence-corrected chi connectivity index (χ0v) is 16.5. The van der Waals surface area contributed by atoms with E-state index in [0.717, 1.165) is 7.11 Å². The number of carbonyl (C=O) groups excluding carboxylic acids is 5. The lowest BCUT2D eigenvalue weighted by molar-refractivity contribution is -0.154. The van der Waals surface area contributed by atoms with Crippen molar-refractivity contribution in [2.24, 2.45) is 0 Å². The largest absolute Gasteiger partial charge is 0.453 e. The molecule has 0 aromatic heterocycles. The molecule has 0 aliphatic carbocycles. The first kappa shape index (κ1) is 25.9. The van der Waals surface area contributed by atoms with Gasteiger partial charge in [-0.15, -0.1) is 0 Å². The lowest BCUT2D eigenvalue weighted by Gasteiger charge is -2.21. The van der Waals surface area contributed by atoms with Crippen molar-refractivity contribution < 1.29 is 47.7 Å². The van der Waals surface area contributed by atoms with E-state index in [1.165, 1.54) is 14.2 Å². The Balaban J connectivity index is 4.59. The van der Waals surface area contributed by atoms with Crippen molar-refractivity contribution in [3.05, 3.63) is 0 Å². The smallest absolute Gasteiger partial charge is 0.410 e. The van der Waals surface area contributed by atoms with E-state index in [1.54, 1.807) is 0 Å². The second-order valence-corrected chi connectivity index (χ2v) is 5.10. The number of esters is 1.